The highest BCUT2D eigenvalue weighted by atomic mass is 35.5. The quantitative estimate of drug-likeness (QED) is 0.686. The molecule has 156 valence electrons. The first-order valence-electron chi connectivity index (χ1n) is 8.95. The lowest BCUT2D eigenvalue weighted by molar-refractivity contribution is -0.117. The summed E-state index contributed by atoms with van der Waals surface area (Å²) in [6.45, 7) is 4.53. The van der Waals surface area contributed by atoms with E-state index >= 15 is 0 Å². The number of rotatable bonds is 7. The van der Waals surface area contributed by atoms with Crippen LogP contribution in [0.3, 0.4) is 0 Å². The smallest absolute Gasteiger partial charge is 0.242 e. The predicted molar refractivity (Wildman–Crippen MR) is 108 cm³/mol. The summed E-state index contributed by atoms with van der Waals surface area (Å²) in [5.41, 5.74) is 0.467. The molecule has 0 saturated carbocycles. The molecule has 1 aliphatic heterocycles. The van der Waals surface area contributed by atoms with Gasteiger partial charge in [-0.25, -0.2) is 8.42 Å². The Labute approximate surface area is 174 Å². The van der Waals surface area contributed by atoms with Crippen molar-refractivity contribution in [2.45, 2.75) is 24.8 Å². The number of benzene rings is 2. The summed E-state index contributed by atoms with van der Waals surface area (Å²) in [6.07, 6.45) is 0. The molecule has 0 fully saturated rings. The Morgan fingerprint density at radius 1 is 1.17 bits per heavy atom. The Balaban J connectivity index is 1.67. The number of sulfonamides is 1. The standard InChI is InChI=1S/C19H21ClN2O6S/c1-3-26-16-7-5-14(11-15(16)20)29(24,25)22-12(2)19(23)21-13-4-6-17-18(10-13)28-9-8-27-17/h4-7,10-12,22H,3,8-9H2,1-2H3,(H,21,23)/t12-/m0/s1. The summed E-state index contributed by atoms with van der Waals surface area (Å²) >= 11 is 6.06. The molecule has 0 saturated heterocycles. The molecule has 0 aromatic heterocycles. The van der Waals surface area contributed by atoms with Crippen LogP contribution in [0.1, 0.15) is 13.8 Å². The van der Waals surface area contributed by atoms with Crippen LogP contribution in [-0.2, 0) is 14.8 Å². The van der Waals surface area contributed by atoms with Crippen molar-refractivity contribution >= 4 is 33.2 Å². The maximum Gasteiger partial charge on any atom is 0.242 e. The van der Waals surface area contributed by atoms with Crippen molar-refractivity contribution in [1.82, 2.24) is 4.72 Å². The lowest BCUT2D eigenvalue weighted by atomic mass is 10.2. The molecule has 0 bridgehead atoms. The van der Waals surface area contributed by atoms with Crippen molar-refractivity contribution in [1.29, 1.82) is 0 Å². The molecule has 2 aromatic carbocycles. The van der Waals surface area contributed by atoms with E-state index in [1.807, 2.05) is 0 Å². The molecule has 0 spiro atoms. The van der Waals surface area contributed by atoms with Crippen LogP contribution < -0.4 is 24.2 Å². The van der Waals surface area contributed by atoms with Crippen LogP contribution in [0.15, 0.2) is 41.3 Å². The summed E-state index contributed by atoms with van der Waals surface area (Å²) < 4.78 is 43.7. The van der Waals surface area contributed by atoms with E-state index in [9.17, 15) is 13.2 Å². The first-order valence-corrected chi connectivity index (χ1v) is 10.8. The van der Waals surface area contributed by atoms with E-state index in [-0.39, 0.29) is 9.92 Å². The van der Waals surface area contributed by atoms with Gasteiger partial charge in [-0.3, -0.25) is 4.79 Å². The lowest BCUT2D eigenvalue weighted by Crippen LogP contribution is -2.41. The summed E-state index contributed by atoms with van der Waals surface area (Å²) in [5, 5.41) is 2.83. The number of carbonyl (C=O) groups excluding carboxylic acids is 1. The number of hydrogen-bond acceptors (Lipinski definition) is 6. The van der Waals surface area contributed by atoms with Gasteiger partial charge in [0.25, 0.3) is 0 Å². The number of anilines is 1. The molecule has 2 N–H and O–H groups in total. The average Bonchev–Trinajstić information content (AvgIpc) is 2.69. The molecule has 29 heavy (non-hydrogen) atoms. The highest BCUT2D eigenvalue weighted by Gasteiger charge is 2.23. The molecule has 1 aliphatic rings. The fourth-order valence-corrected chi connectivity index (χ4v) is 4.18. The third-order valence-electron chi connectivity index (χ3n) is 4.05. The number of ether oxygens (including phenoxy) is 3. The summed E-state index contributed by atoms with van der Waals surface area (Å²) in [4.78, 5) is 12.4. The number of fused-ring (bicyclic) bond motifs is 1. The van der Waals surface area contributed by atoms with Gasteiger partial charge in [0.15, 0.2) is 11.5 Å². The Morgan fingerprint density at radius 2 is 1.90 bits per heavy atom. The molecule has 2 aromatic rings. The molecule has 1 heterocycles. The Kier molecular flexibility index (Phi) is 6.51. The van der Waals surface area contributed by atoms with Crippen LogP contribution in [0.25, 0.3) is 0 Å². The molecular formula is C19H21ClN2O6S. The van der Waals surface area contributed by atoms with E-state index in [0.29, 0.717) is 42.8 Å². The zero-order chi connectivity index (χ0) is 21.0. The van der Waals surface area contributed by atoms with Gasteiger partial charge >= 0.3 is 0 Å². The van der Waals surface area contributed by atoms with E-state index in [0.717, 1.165) is 0 Å². The molecular weight excluding hydrogens is 420 g/mol. The van der Waals surface area contributed by atoms with Crippen molar-refractivity contribution in [3.05, 3.63) is 41.4 Å². The molecule has 3 rings (SSSR count). The van der Waals surface area contributed by atoms with Crippen molar-refractivity contribution in [2.75, 3.05) is 25.1 Å². The van der Waals surface area contributed by atoms with Crippen LogP contribution in [-0.4, -0.2) is 40.2 Å². The number of amides is 1. The monoisotopic (exact) mass is 440 g/mol. The predicted octanol–water partition coefficient (Wildman–Crippen LogP) is 2.82. The van der Waals surface area contributed by atoms with Crippen molar-refractivity contribution in [2.24, 2.45) is 0 Å². The van der Waals surface area contributed by atoms with E-state index in [1.54, 1.807) is 25.1 Å². The summed E-state index contributed by atoms with van der Waals surface area (Å²) in [7, 11) is -3.96. The maximum atomic E-state index is 12.6. The van der Waals surface area contributed by atoms with E-state index in [2.05, 4.69) is 10.0 Å². The summed E-state index contributed by atoms with van der Waals surface area (Å²) in [6, 6.07) is 8.05. The van der Waals surface area contributed by atoms with Crippen molar-refractivity contribution in [3.8, 4) is 17.2 Å². The van der Waals surface area contributed by atoms with Gasteiger partial charge in [-0.05, 0) is 44.2 Å². The molecule has 0 radical (unpaired) electrons. The second kappa shape index (κ2) is 8.89. The molecule has 1 atom stereocenters. The van der Waals surface area contributed by atoms with Gasteiger partial charge < -0.3 is 19.5 Å². The largest absolute Gasteiger partial charge is 0.492 e. The zero-order valence-electron chi connectivity index (χ0n) is 15.9. The van der Waals surface area contributed by atoms with Gasteiger partial charge in [0.05, 0.1) is 22.6 Å². The van der Waals surface area contributed by atoms with Gasteiger partial charge in [0, 0.05) is 11.8 Å². The maximum absolute atomic E-state index is 12.6. The number of hydrogen-bond donors (Lipinski definition) is 2. The first kappa shape index (κ1) is 21.2. The molecule has 0 aliphatic carbocycles. The third kappa shape index (κ3) is 5.11. The molecule has 0 unspecified atom stereocenters. The highest BCUT2D eigenvalue weighted by Crippen LogP contribution is 2.32. The van der Waals surface area contributed by atoms with Gasteiger partial charge in [-0.15, -0.1) is 0 Å². The second-order valence-corrected chi connectivity index (χ2v) is 8.34. The van der Waals surface area contributed by atoms with Gasteiger partial charge in [-0.1, -0.05) is 11.6 Å². The minimum absolute atomic E-state index is 0.0649. The van der Waals surface area contributed by atoms with E-state index < -0.39 is 22.0 Å². The van der Waals surface area contributed by atoms with E-state index in [4.69, 9.17) is 25.8 Å². The molecule has 8 nitrogen and oxygen atoms in total. The molecule has 10 heteroatoms. The van der Waals surface area contributed by atoms with Crippen molar-refractivity contribution < 1.29 is 27.4 Å². The Bertz CT molecular complexity index is 1010. The van der Waals surface area contributed by atoms with Crippen LogP contribution in [0.4, 0.5) is 5.69 Å². The minimum atomic E-state index is -3.96. The van der Waals surface area contributed by atoms with Crippen LogP contribution in [0.5, 0.6) is 17.2 Å². The highest BCUT2D eigenvalue weighted by molar-refractivity contribution is 7.89. The fourth-order valence-electron chi connectivity index (χ4n) is 2.65. The molecule has 1 amide bonds. The van der Waals surface area contributed by atoms with Gasteiger partial charge in [0.2, 0.25) is 15.9 Å². The number of nitrogens with one attached hydrogen (secondary N) is 2. The first-order chi connectivity index (χ1) is 13.8. The number of carbonyl (C=O) groups is 1. The van der Waals surface area contributed by atoms with Crippen LogP contribution in [0.2, 0.25) is 5.02 Å². The second-order valence-electron chi connectivity index (χ2n) is 6.22. The Morgan fingerprint density at radius 3 is 2.59 bits per heavy atom. The topological polar surface area (TPSA) is 103 Å². The minimum Gasteiger partial charge on any atom is -0.492 e. The van der Waals surface area contributed by atoms with Gasteiger partial charge in [0.1, 0.15) is 19.0 Å². The van der Waals surface area contributed by atoms with E-state index in [1.165, 1.54) is 25.1 Å². The summed E-state index contributed by atoms with van der Waals surface area (Å²) in [5.74, 6) is 0.974. The zero-order valence-corrected chi connectivity index (χ0v) is 17.5. The Hall–Kier alpha value is -2.49. The number of halogens is 1. The van der Waals surface area contributed by atoms with Crippen molar-refractivity contribution in [3.63, 3.8) is 0 Å². The van der Waals surface area contributed by atoms with Crippen LogP contribution >= 0.6 is 11.6 Å². The van der Waals surface area contributed by atoms with Crippen LogP contribution in [0, 0.1) is 0 Å². The average molecular weight is 441 g/mol. The third-order valence-corrected chi connectivity index (χ3v) is 5.88. The lowest BCUT2D eigenvalue weighted by Gasteiger charge is -2.19. The fraction of sp³-hybridized carbons (Fsp3) is 0.316. The normalized spacial score (nSPS) is 14.2. The van der Waals surface area contributed by atoms with Gasteiger partial charge in [-0.2, -0.15) is 4.72 Å². The SMILES string of the molecule is CCOc1ccc(S(=O)(=O)N[C@@H](C)C(=O)Nc2ccc3c(c2)OCCO3)cc1Cl.